The van der Waals surface area contributed by atoms with Crippen LogP contribution in [-0.2, 0) is 4.74 Å². The highest BCUT2D eigenvalue weighted by molar-refractivity contribution is 5.89. The SMILES string of the molecule is COCC[C@H]1CCCCN1C(=O)Nc1ccc(/C=C/c2ccccn2)cc1. The lowest BCUT2D eigenvalue weighted by Crippen LogP contribution is -2.46. The summed E-state index contributed by atoms with van der Waals surface area (Å²) in [4.78, 5) is 18.9. The van der Waals surface area contributed by atoms with Gasteiger partial charge in [-0.25, -0.2) is 4.79 Å². The number of carbonyl (C=O) groups excluding carboxylic acids is 1. The maximum atomic E-state index is 12.7. The summed E-state index contributed by atoms with van der Waals surface area (Å²) in [5.74, 6) is 0. The quantitative estimate of drug-likeness (QED) is 0.809. The first-order valence-electron chi connectivity index (χ1n) is 9.52. The van der Waals surface area contributed by atoms with Crippen molar-refractivity contribution in [3.8, 4) is 0 Å². The minimum absolute atomic E-state index is 0.0208. The molecule has 0 radical (unpaired) electrons. The van der Waals surface area contributed by atoms with E-state index in [0.717, 1.165) is 42.8 Å². The largest absolute Gasteiger partial charge is 0.385 e. The Hall–Kier alpha value is -2.66. The molecule has 2 amide bonds. The van der Waals surface area contributed by atoms with E-state index >= 15 is 0 Å². The lowest BCUT2D eigenvalue weighted by molar-refractivity contribution is 0.123. The maximum absolute atomic E-state index is 12.7. The average Bonchev–Trinajstić information content (AvgIpc) is 2.72. The molecular formula is C22H27N3O2. The van der Waals surface area contributed by atoms with Gasteiger partial charge in [0.05, 0.1) is 5.69 Å². The molecule has 3 rings (SSSR count). The van der Waals surface area contributed by atoms with Crippen LogP contribution in [-0.4, -0.2) is 42.2 Å². The fourth-order valence-electron chi connectivity index (χ4n) is 3.35. The number of pyridine rings is 1. The van der Waals surface area contributed by atoms with Gasteiger partial charge in [-0.15, -0.1) is 0 Å². The number of nitrogens with one attached hydrogen (secondary N) is 1. The van der Waals surface area contributed by atoms with E-state index in [4.69, 9.17) is 4.74 Å². The molecule has 1 N–H and O–H groups in total. The normalized spacial score (nSPS) is 17.2. The van der Waals surface area contributed by atoms with Gasteiger partial charge in [0.25, 0.3) is 0 Å². The maximum Gasteiger partial charge on any atom is 0.322 e. The van der Waals surface area contributed by atoms with Gasteiger partial charge < -0.3 is 15.0 Å². The first-order valence-corrected chi connectivity index (χ1v) is 9.52. The number of hydrogen-bond acceptors (Lipinski definition) is 3. The molecule has 1 atom stereocenters. The Morgan fingerprint density at radius 3 is 2.81 bits per heavy atom. The molecule has 1 aliphatic heterocycles. The minimum Gasteiger partial charge on any atom is -0.385 e. The van der Waals surface area contributed by atoms with Crippen LogP contribution in [0.1, 0.15) is 36.9 Å². The van der Waals surface area contributed by atoms with Crippen molar-refractivity contribution in [3.63, 3.8) is 0 Å². The third-order valence-corrected chi connectivity index (χ3v) is 4.84. The van der Waals surface area contributed by atoms with Crippen LogP contribution < -0.4 is 5.32 Å². The molecule has 2 heterocycles. The van der Waals surface area contributed by atoms with E-state index in [1.54, 1.807) is 13.3 Å². The number of hydrogen-bond donors (Lipinski definition) is 1. The summed E-state index contributed by atoms with van der Waals surface area (Å²) in [6.07, 6.45) is 9.94. The van der Waals surface area contributed by atoms with Crippen LogP contribution in [0, 0.1) is 0 Å². The number of rotatable bonds is 6. The van der Waals surface area contributed by atoms with Crippen molar-refractivity contribution in [3.05, 3.63) is 59.9 Å². The highest BCUT2D eigenvalue weighted by atomic mass is 16.5. The molecule has 5 heteroatoms. The summed E-state index contributed by atoms with van der Waals surface area (Å²) in [5.41, 5.74) is 2.79. The summed E-state index contributed by atoms with van der Waals surface area (Å²) in [6, 6.07) is 13.9. The van der Waals surface area contributed by atoms with E-state index in [2.05, 4.69) is 10.3 Å². The van der Waals surface area contributed by atoms with Crippen LogP contribution in [0.5, 0.6) is 0 Å². The number of methoxy groups -OCH3 is 1. The molecule has 1 aromatic carbocycles. The lowest BCUT2D eigenvalue weighted by atomic mass is 10.00. The van der Waals surface area contributed by atoms with Crippen LogP contribution in [0.4, 0.5) is 10.5 Å². The van der Waals surface area contributed by atoms with Crippen molar-refractivity contribution in [1.29, 1.82) is 0 Å². The van der Waals surface area contributed by atoms with Gasteiger partial charge >= 0.3 is 6.03 Å². The highest BCUT2D eigenvalue weighted by Gasteiger charge is 2.26. The molecule has 27 heavy (non-hydrogen) atoms. The molecule has 1 fully saturated rings. The summed E-state index contributed by atoms with van der Waals surface area (Å²) in [7, 11) is 1.71. The third kappa shape index (κ3) is 5.66. The second-order valence-electron chi connectivity index (χ2n) is 6.76. The number of likely N-dealkylation sites (tertiary alicyclic amines) is 1. The third-order valence-electron chi connectivity index (χ3n) is 4.84. The number of carbonyl (C=O) groups is 1. The molecule has 0 unspecified atom stereocenters. The van der Waals surface area contributed by atoms with E-state index in [9.17, 15) is 4.79 Å². The van der Waals surface area contributed by atoms with E-state index in [1.165, 1.54) is 6.42 Å². The first kappa shape index (κ1) is 19.1. The van der Waals surface area contributed by atoms with Crippen molar-refractivity contribution in [2.45, 2.75) is 31.7 Å². The smallest absolute Gasteiger partial charge is 0.322 e. The number of piperidine rings is 1. The zero-order chi connectivity index (χ0) is 18.9. The van der Waals surface area contributed by atoms with Crippen molar-refractivity contribution < 1.29 is 9.53 Å². The zero-order valence-corrected chi connectivity index (χ0v) is 15.8. The predicted octanol–water partition coefficient (Wildman–Crippen LogP) is 4.67. The molecular weight excluding hydrogens is 338 g/mol. The van der Waals surface area contributed by atoms with Crippen LogP contribution in [0.3, 0.4) is 0 Å². The van der Waals surface area contributed by atoms with E-state index in [-0.39, 0.29) is 12.1 Å². The Labute approximate surface area is 161 Å². The van der Waals surface area contributed by atoms with Gasteiger partial charge in [0.1, 0.15) is 0 Å². The van der Waals surface area contributed by atoms with Crippen LogP contribution >= 0.6 is 0 Å². The van der Waals surface area contributed by atoms with Crippen LogP contribution in [0.15, 0.2) is 48.7 Å². The summed E-state index contributed by atoms with van der Waals surface area (Å²) in [6.45, 7) is 1.50. The number of nitrogens with zero attached hydrogens (tertiary/aromatic N) is 2. The van der Waals surface area contributed by atoms with Crippen molar-refractivity contribution in [1.82, 2.24) is 9.88 Å². The van der Waals surface area contributed by atoms with Gasteiger partial charge in [-0.2, -0.15) is 0 Å². The fraction of sp³-hybridized carbons (Fsp3) is 0.364. The summed E-state index contributed by atoms with van der Waals surface area (Å²) < 4.78 is 5.19. The molecule has 2 aromatic rings. The summed E-state index contributed by atoms with van der Waals surface area (Å²) >= 11 is 0. The van der Waals surface area contributed by atoms with E-state index in [1.807, 2.05) is 59.5 Å². The monoisotopic (exact) mass is 365 g/mol. The van der Waals surface area contributed by atoms with Gasteiger partial charge in [0, 0.05) is 38.2 Å². The standard InChI is InChI=1S/C22H27N3O2/c1-27-17-14-21-7-3-5-16-25(21)22(26)24-20-12-9-18(10-13-20)8-11-19-6-2-4-15-23-19/h2,4,6,8-13,15,21H,3,5,7,14,16-17H2,1H3,(H,24,26)/b11-8+/t21-/m1/s1. The Kier molecular flexibility index (Phi) is 6.99. The van der Waals surface area contributed by atoms with Crippen molar-refractivity contribution in [2.75, 3.05) is 25.6 Å². The molecule has 1 saturated heterocycles. The predicted molar refractivity (Wildman–Crippen MR) is 109 cm³/mol. The van der Waals surface area contributed by atoms with E-state index < -0.39 is 0 Å². The Morgan fingerprint density at radius 1 is 1.22 bits per heavy atom. The van der Waals surface area contributed by atoms with E-state index in [0.29, 0.717) is 6.61 Å². The summed E-state index contributed by atoms with van der Waals surface area (Å²) in [5, 5.41) is 3.03. The van der Waals surface area contributed by atoms with Gasteiger partial charge in [-0.05, 0) is 61.6 Å². The number of aromatic nitrogens is 1. The van der Waals surface area contributed by atoms with Gasteiger partial charge in [0.2, 0.25) is 0 Å². The van der Waals surface area contributed by atoms with Crippen LogP contribution in [0.2, 0.25) is 0 Å². The minimum atomic E-state index is -0.0208. The molecule has 0 bridgehead atoms. The second kappa shape index (κ2) is 9.88. The Bertz CT molecular complexity index is 744. The molecule has 1 aliphatic rings. The number of benzene rings is 1. The number of urea groups is 1. The van der Waals surface area contributed by atoms with Crippen molar-refractivity contribution in [2.24, 2.45) is 0 Å². The highest BCUT2D eigenvalue weighted by Crippen LogP contribution is 2.21. The molecule has 0 aliphatic carbocycles. The Balaban J connectivity index is 1.58. The first-order chi connectivity index (χ1) is 13.3. The molecule has 142 valence electrons. The van der Waals surface area contributed by atoms with Gasteiger partial charge in [-0.3, -0.25) is 4.98 Å². The topological polar surface area (TPSA) is 54.5 Å². The average molecular weight is 365 g/mol. The lowest BCUT2D eigenvalue weighted by Gasteiger charge is -2.35. The molecule has 0 saturated carbocycles. The second-order valence-corrected chi connectivity index (χ2v) is 6.76. The van der Waals surface area contributed by atoms with Crippen LogP contribution in [0.25, 0.3) is 12.2 Å². The molecule has 0 spiro atoms. The number of amides is 2. The number of ether oxygens (including phenoxy) is 1. The molecule has 5 nitrogen and oxygen atoms in total. The number of anilines is 1. The molecule has 1 aromatic heterocycles. The Morgan fingerprint density at radius 2 is 2.07 bits per heavy atom. The van der Waals surface area contributed by atoms with Crippen molar-refractivity contribution >= 4 is 23.9 Å². The fourth-order valence-corrected chi connectivity index (χ4v) is 3.35. The van der Waals surface area contributed by atoms with Gasteiger partial charge in [-0.1, -0.05) is 24.3 Å². The zero-order valence-electron chi connectivity index (χ0n) is 15.8. The van der Waals surface area contributed by atoms with Gasteiger partial charge in [0.15, 0.2) is 0 Å².